The SMILES string of the molecule is CCc1ccc(OCC(=O)Nc2cnn(C)c(=O)c2N2CCCCC2)cc1. The fraction of sp³-hybridized carbons (Fsp3) is 0.450. The monoisotopic (exact) mass is 370 g/mol. The summed E-state index contributed by atoms with van der Waals surface area (Å²) in [6.07, 6.45) is 5.72. The predicted molar refractivity (Wildman–Crippen MR) is 105 cm³/mol. The highest BCUT2D eigenvalue weighted by Crippen LogP contribution is 2.24. The van der Waals surface area contributed by atoms with Crippen molar-refractivity contribution in [3.8, 4) is 5.75 Å². The fourth-order valence-corrected chi connectivity index (χ4v) is 3.20. The fourth-order valence-electron chi connectivity index (χ4n) is 3.20. The van der Waals surface area contributed by atoms with Gasteiger partial charge in [0.05, 0.1) is 11.9 Å². The van der Waals surface area contributed by atoms with Gasteiger partial charge in [-0.3, -0.25) is 9.59 Å². The molecule has 1 aliphatic heterocycles. The third-order valence-corrected chi connectivity index (χ3v) is 4.76. The molecule has 1 fully saturated rings. The first kappa shape index (κ1) is 18.9. The summed E-state index contributed by atoms with van der Waals surface area (Å²) in [5, 5.41) is 6.83. The van der Waals surface area contributed by atoms with Crippen molar-refractivity contribution >= 4 is 17.3 Å². The Morgan fingerprint density at radius 2 is 1.89 bits per heavy atom. The van der Waals surface area contributed by atoms with E-state index in [9.17, 15) is 9.59 Å². The molecule has 144 valence electrons. The molecule has 2 heterocycles. The van der Waals surface area contributed by atoms with Gasteiger partial charge < -0.3 is 15.0 Å². The average Bonchev–Trinajstić information content (AvgIpc) is 2.70. The number of amides is 1. The van der Waals surface area contributed by atoms with E-state index in [1.165, 1.54) is 16.4 Å². The molecular weight excluding hydrogens is 344 g/mol. The van der Waals surface area contributed by atoms with Crippen molar-refractivity contribution in [2.75, 3.05) is 29.9 Å². The zero-order valence-electron chi connectivity index (χ0n) is 15.9. The minimum Gasteiger partial charge on any atom is -0.484 e. The third-order valence-electron chi connectivity index (χ3n) is 4.76. The van der Waals surface area contributed by atoms with Crippen LogP contribution in [0.15, 0.2) is 35.3 Å². The highest BCUT2D eigenvalue weighted by molar-refractivity contribution is 5.94. The van der Waals surface area contributed by atoms with Gasteiger partial charge >= 0.3 is 0 Å². The molecule has 0 spiro atoms. The number of piperidine rings is 1. The summed E-state index contributed by atoms with van der Waals surface area (Å²) in [6, 6.07) is 7.66. The first-order valence-electron chi connectivity index (χ1n) is 9.41. The van der Waals surface area contributed by atoms with E-state index in [2.05, 4.69) is 17.3 Å². The van der Waals surface area contributed by atoms with E-state index < -0.39 is 0 Å². The lowest BCUT2D eigenvalue weighted by molar-refractivity contribution is -0.118. The second-order valence-electron chi connectivity index (χ2n) is 6.72. The van der Waals surface area contributed by atoms with Crippen LogP contribution in [0.4, 0.5) is 11.4 Å². The van der Waals surface area contributed by atoms with Crippen LogP contribution in [-0.2, 0) is 18.3 Å². The first-order chi connectivity index (χ1) is 13.1. The summed E-state index contributed by atoms with van der Waals surface area (Å²) < 4.78 is 6.85. The van der Waals surface area contributed by atoms with E-state index in [1.807, 2.05) is 29.2 Å². The Labute approximate surface area is 158 Å². The van der Waals surface area contributed by atoms with Crippen LogP contribution in [0.25, 0.3) is 0 Å². The normalized spacial score (nSPS) is 14.1. The summed E-state index contributed by atoms with van der Waals surface area (Å²) in [4.78, 5) is 27.0. The molecular formula is C20H26N4O3. The van der Waals surface area contributed by atoms with E-state index in [0.29, 0.717) is 17.1 Å². The molecule has 27 heavy (non-hydrogen) atoms. The van der Waals surface area contributed by atoms with Crippen LogP contribution in [-0.4, -0.2) is 35.4 Å². The zero-order chi connectivity index (χ0) is 19.2. The average molecular weight is 370 g/mol. The number of carbonyl (C=O) groups is 1. The van der Waals surface area contributed by atoms with Gasteiger partial charge in [0.1, 0.15) is 11.4 Å². The van der Waals surface area contributed by atoms with Gasteiger partial charge in [-0.05, 0) is 43.4 Å². The summed E-state index contributed by atoms with van der Waals surface area (Å²) >= 11 is 0. The number of carbonyl (C=O) groups excluding carboxylic acids is 1. The second kappa shape index (κ2) is 8.70. The Morgan fingerprint density at radius 1 is 1.19 bits per heavy atom. The van der Waals surface area contributed by atoms with Crippen molar-refractivity contribution in [2.24, 2.45) is 7.05 Å². The maximum absolute atomic E-state index is 12.6. The zero-order valence-corrected chi connectivity index (χ0v) is 15.9. The maximum atomic E-state index is 12.6. The van der Waals surface area contributed by atoms with E-state index in [1.54, 1.807) is 7.05 Å². The van der Waals surface area contributed by atoms with Gasteiger partial charge in [0.25, 0.3) is 11.5 Å². The molecule has 0 saturated carbocycles. The van der Waals surface area contributed by atoms with Crippen LogP contribution >= 0.6 is 0 Å². The molecule has 0 aliphatic carbocycles. The van der Waals surface area contributed by atoms with Gasteiger partial charge in [0.2, 0.25) is 0 Å². The Balaban J connectivity index is 1.69. The van der Waals surface area contributed by atoms with E-state index >= 15 is 0 Å². The van der Waals surface area contributed by atoms with Crippen molar-refractivity contribution in [1.29, 1.82) is 0 Å². The van der Waals surface area contributed by atoms with Gasteiger partial charge in [-0.2, -0.15) is 5.10 Å². The van der Waals surface area contributed by atoms with E-state index in [0.717, 1.165) is 38.8 Å². The first-order valence-corrected chi connectivity index (χ1v) is 9.41. The summed E-state index contributed by atoms with van der Waals surface area (Å²) in [7, 11) is 1.62. The largest absolute Gasteiger partial charge is 0.484 e. The lowest BCUT2D eigenvalue weighted by Crippen LogP contribution is -2.37. The van der Waals surface area contributed by atoms with Crippen molar-refractivity contribution in [3.63, 3.8) is 0 Å². The third kappa shape index (κ3) is 4.67. The molecule has 1 saturated heterocycles. The molecule has 1 aromatic heterocycles. The van der Waals surface area contributed by atoms with Crippen molar-refractivity contribution in [3.05, 3.63) is 46.4 Å². The van der Waals surface area contributed by atoms with Crippen molar-refractivity contribution < 1.29 is 9.53 Å². The summed E-state index contributed by atoms with van der Waals surface area (Å²) in [5.74, 6) is 0.323. The number of anilines is 2. The Morgan fingerprint density at radius 3 is 2.56 bits per heavy atom. The number of nitrogens with one attached hydrogen (secondary N) is 1. The molecule has 0 bridgehead atoms. The molecule has 2 aromatic rings. The minimum atomic E-state index is -0.317. The molecule has 3 rings (SSSR count). The highest BCUT2D eigenvalue weighted by atomic mass is 16.5. The van der Waals surface area contributed by atoms with Crippen LogP contribution < -0.4 is 20.5 Å². The molecule has 0 radical (unpaired) electrons. The number of nitrogens with zero attached hydrogens (tertiary/aromatic N) is 3. The summed E-state index contributed by atoms with van der Waals surface area (Å²) in [6.45, 7) is 3.58. The Bertz CT molecular complexity index is 839. The van der Waals surface area contributed by atoms with Crippen molar-refractivity contribution in [2.45, 2.75) is 32.6 Å². The van der Waals surface area contributed by atoms with Gasteiger partial charge in [0, 0.05) is 20.1 Å². The Kier molecular flexibility index (Phi) is 6.11. The van der Waals surface area contributed by atoms with Crippen LogP contribution in [0.1, 0.15) is 31.7 Å². The van der Waals surface area contributed by atoms with Crippen LogP contribution in [0.2, 0.25) is 0 Å². The number of aromatic nitrogens is 2. The molecule has 7 heteroatoms. The quantitative estimate of drug-likeness (QED) is 0.845. The number of rotatable bonds is 6. The van der Waals surface area contributed by atoms with E-state index in [4.69, 9.17) is 4.74 Å². The lowest BCUT2D eigenvalue weighted by Gasteiger charge is -2.29. The van der Waals surface area contributed by atoms with E-state index in [-0.39, 0.29) is 18.1 Å². The van der Waals surface area contributed by atoms with Crippen LogP contribution in [0.5, 0.6) is 5.75 Å². The van der Waals surface area contributed by atoms with Gasteiger partial charge in [-0.1, -0.05) is 19.1 Å². The predicted octanol–water partition coefficient (Wildman–Crippen LogP) is 2.35. The molecule has 1 amide bonds. The number of hydrogen-bond acceptors (Lipinski definition) is 5. The number of benzene rings is 1. The van der Waals surface area contributed by atoms with Crippen LogP contribution in [0.3, 0.4) is 0 Å². The Hall–Kier alpha value is -2.83. The number of aryl methyl sites for hydroxylation is 2. The van der Waals surface area contributed by atoms with Gasteiger partial charge in [0.15, 0.2) is 6.61 Å². The summed E-state index contributed by atoms with van der Waals surface area (Å²) in [5.41, 5.74) is 1.96. The molecule has 0 atom stereocenters. The highest BCUT2D eigenvalue weighted by Gasteiger charge is 2.20. The smallest absolute Gasteiger partial charge is 0.292 e. The molecule has 7 nitrogen and oxygen atoms in total. The topological polar surface area (TPSA) is 76.5 Å². The molecule has 1 aliphatic rings. The number of ether oxygens (including phenoxy) is 1. The lowest BCUT2D eigenvalue weighted by atomic mass is 10.1. The second-order valence-corrected chi connectivity index (χ2v) is 6.72. The van der Waals surface area contributed by atoms with Gasteiger partial charge in [-0.15, -0.1) is 0 Å². The van der Waals surface area contributed by atoms with Crippen molar-refractivity contribution in [1.82, 2.24) is 9.78 Å². The molecule has 1 aromatic carbocycles. The van der Waals surface area contributed by atoms with Crippen LogP contribution in [0, 0.1) is 0 Å². The molecule has 0 unspecified atom stereocenters. The minimum absolute atomic E-state index is 0.125. The number of hydrogen-bond donors (Lipinski definition) is 1. The maximum Gasteiger partial charge on any atom is 0.292 e. The standard InChI is InChI=1S/C20H26N4O3/c1-3-15-7-9-16(10-8-15)27-14-18(25)22-17-13-21-23(2)20(26)19(17)24-11-5-4-6-12-24/h7-10,13H,3-6,11-12,14H2,1-2H3,(H,22,25). The van der Waals surface area contributed by atoms with Gasteiger partial charge in [-0.25, -0.2) is 4.68 Å². The molecule has 1 N–H and O–H groups in total.